The maximum atomic E-state index is 9.87. The van der Waals surface area contributed by atoms with Crippen LogP contribution in [-0.4, -0.2) is 69.2 Å². The Bertz CT molecular complexity index is 256. The van der Waals surface area contributed by atoms with Crippen LogP contribution in [0.1, 0.15) is 71.1 Å². The maximum Gasteiger partial charge on any atom is 0.104 e. The summed E-state index contributed by atoms with van der Waals surface area (Å²) in [6.45, 7) is 5.94. The molecule has 0 heterocycles. The number of nitrogens with one attached hydrogen (secondary N) is 1. The maximum absolute atomic E-state index is 9.87. The van der Waals surface area contributed by atoms with Crippen LogP contribution in [0.3, 0.4) is 0 Å². The van der Waals surface area contributed by atoms with Gasteiger partial charge in [-0.3, -0.25) is 5.32 Å². The number of hydrogen-bond donors (Lipinski definition) is 3. The molecule has 0 radical (unpaired) electrons. The third kappa shape index (κ3) is 21.8. The molecule has 0 amide bonds. The van der Waals surface area contributed by atoms with E-state index in [1.54, 1.807) is 0 Å². The first kappa shape index (κ1) is 25.8. The van der Waals surface area contributed by atoms with E-state index in [0.717, 1.165) is 12.8 Å². The molecule has 0 spiro atoms. The summed E-state index contributed by atoms with van der Waals surface area (Å²) in [5.41, 5.74) is 0. The van der Waals surface area contributed by atoms with Crippen molar-refractivity contribution in [1.82, 2.24) is 5.32 Å². The van der Waals surface area contributed by atoms with Crippen molar-refractivity contribution in [2.45, 2.75) is 77.4 Å². The van der Waals surface area contributed by atoms with Crippen molar-refractivity contribution in [2.24, 2.45) is 0 Å². The summed E-state index contributed by atoms with van der Waals surface area (Å²) in [6.07, 6.45) is 12.1. The van der Waals surface area contributed by atoms with E-state index in [-0.39, 0.29) is 6.61 Å². The zero-order valence-corrected chi connectivity index (χ0v) is 16.9. The van der Waals surface area contributed by atoms with E-state index in [4.69, 9.17) is 19.3 Å². The van der Waals surface area contributed by atoms with Gasteiger partial charge < -0.3 is 24.4 Å². The van der Waals surface area contributed by atoms with Gasteiger partial charge in [-0.25, -0.2) is 0 Å². The minimum absolute atomic E-state index is 0.0427. The van der Waals surface area contributed by atoms with Gasteiger partial charge in [-0.05, 0) is 12.8 Å². The van der Waals surface area contributed by atoms with Crippen LogP contribution in [0.25, 0.3) is 0 Å². The second-order valence-corrected chi connectivity index (χ2v) is 6.65. The number of aliphatic hydroxyl groups excluding tert-OH is 2. The molecule has 6 nitrogen and oxygen atoms in total. The summed E-state index contributed by atoms with van der Waals surface area (Å²) in [5.74, 6) is 0. The Morgan fingerprint density at radius 2 is 1.19 bits per heavy atom. The third-order valence-corrected chi connectivity index (χ3v) is 4.19. The molecule has 0 aliphatic carbocycles. The van der Waals surface area contributed by atoms with Gasteiger partial charge in [0, 0.05) is 6.54 Å². The molecule has 0 aromatic carbocycles. The molecule has 0 rings (SSSR count). The highest BCUT2D eigenvalue weighted by molar-refractivity contribution is 4.55. The molecule has 0 saturated heterocycles. The largest absolute Gasteiger partial charge is 0.394 e. The zero-order chi connectivity index (χ0) is 19.1. The molecule has 1 atom stereocenters. The van der Waals surface area contributed by atoms with Gasteiger partial charge in [0.15, 0.2) is 0 Å². The number of aliphatic hydroxyl groups is 2. The first-order chi connectivity index (χ1) is 12.8. The van der Waals surface area contributed by atoms with Gasteiger partial charge in [0.2, 0.25) is 0 Å². The molecule has 158 valence electrons. The highest BCUT2D eigenvalue weighted by atomic mass is 16.5. The Morgan fingerprint density at radius 3 is 1.77 bits per heavy atom. The summed E-state index contributed by atoms with van der Waals surface area (Å²) in [7, 11) is 0. The van der Waals surface area contributed by atoms with Crippen LogP contribution in [0.15, 0.2) is 0 Å². The van der Waals surface area contributed by atoms with Gasteiger partial charge in [-0.1, -0.05) is 58.3 Å². The molecule has 0 aromatic rings. The fraction of sp³-hybridized carbons (Fsp3) is 1.00. The average Bonchev–Trinajstić information content (AvgIpc) is 2.64. The van der Waals surface area contributed by atoms with E-state index in [2.05, 4.69) is 12.2 Å². The third-order valence-electron chi connectivity index (χ3n) is 4.19. The molecule has 1 unspecified atom stereocenters. The molecular weight excluding hydrogens is 334 g/mol. The Labute approximate surface area is 160 Å². The molecule has 0 bridgehead atoms. The van der Waals surface area contributed by atoms with Gasteiger partial charge in [-0.15, -0.1) is 0 Å². The summed E-state index contributed by atoms with van der Waals surface area (Å²) in [5, 5.41) is 21.5. The molecule has 6 heteroatoms. The molecule has 0 fully saturated rings. The van der Waals surface area contributed by atoms with E-state index in [1.807, 2.05) is 0 Å². The van der Waals surface area contributed by atoms with Gasteiger partial charge in [0.25, 0.3) is 0 Å². The molecular formula is C20H43NO5. The van der Waals surface area contributed by atoms with Crippen molar-refractivity contribution < 1.29 is 24.4 Å². The average molecular weight is 378 g/mol. The van der Waals surface area contributed by atoms with E-state index in [9.17, 15) is 5.11 Å². The fourth-order valence-corrected chi connectivity index (χ4v) is 2.65. The van der Waals surface area contributed by atoms with Crippen molar-refractivity contribution in [3.8, 4) is 0 Å². The Hall–Kier alpha value is -0.240. The topological polar surface area (TPSA) is 80.2 Å². The van der Waals surface area contributed by atoms with Crippen LogP contribution >= 0.6 is 0 Å². The monoisotopic (exact) mass is 377 g/mol. The smallest absolute Gasteiger partial charge is 0.104 e. The fourth-order valence-electron chi connectivity index (χ4n) is 2.65. The normalized spacial score (nSPS) is 12.6. The lowest BCUT2D eigenvalue weighted by Gasteiger charge is -2.13. The first-order valence-corrected chi connectivity index (χ1v) is 10.6. The summed E-state index contributed by atoms with van der Waals surface area (Å²) >= 11 is 0. The Kier molecular flexibility index (Phi) is 22.6. The van der Waals surface area contributed by atoms with Crippen LogP contribution in [0.5, 0.6) is 0 Å². The minimum atomic E-state index is -0.428. The minimum Gasteiger partial charge on any atom is -0.394 e. The van der Waals surface area contributed by atoms with Crippen LogP contribution < -0.4 is 5.32 Å². The Morgan fingerprint density at radius 1 is 0.692 bits per heavy atom. The molecule has 3 N–H and O–H groups in total. The van der Waals surface area contributed by atoms with Crippen LogP contribution in [-0.2, 0) is 14.2 Å². The van der Waals surface area contributed by atoms with E-state index in [1.165, 1.54) is 51.4 Å². The predicted octanol–water partition coefficient (Wildman–Crippen LogP) is 2.86. The zero-order valence-electron chi connectivity index (χ0n) is 16.9. The molecule has 0 aromatic heterocycles. The molecule has 0 aliphatic heterocycles. The number of rotatable bonds is 22. The van der Waals surface area contributed by atoms with Crippen molar-refractivity contribution in [2.75, 3.05) is 52.8 Å². The van der Waals surface area contributed by atoms with E-state index >= 15 is 0 Å². The summed E-state index contributed by atoms with van der Waals surface area (Å²) in [6, 6.07) is 0. The molecule has 26 heavy (non-hydrogen) atoms. The van der Waals surface area contributed by atoms with Gasteiger partial charge >= 0.3 is 0 Å². The SMILES string of the molecule is CCCCCCCCCCCC(O)NCCOCCOCCOCCO. The highest BCUT2D eigenvalue weighted by Crippen LogP contribution is 2.10. The van der Waals surface area contributed by atoms with Gasteiger partial charge in [0.05, 0.1) is 46.2 Å². The van der Waals surface area contributed by atoms with Crippen LogP contribution in [0.2, 0.25) is 0 Å². The van der Waals surface area contributed by atoms with Gasteiger partial charge in [0.1, 0.15) is 6.23 Å². The molecule has 0 aliphatic rings. The van der Waals surface area contributed by atoms with Crippen LogP contribution in [0, 0.1) is 0 Å². The number of ether oxygens (including phenoxy) is 3. The van der Waals surface area contributed by atoms with Crippen LogP contribution in [0.4, 0.5) is 0 Å². The summed E-state index contributed by atoms with van der Waals surface area (Å²) < 4.78 is 15.8. The number of unbranched alkanes of at least 4 members (excludes halogenated alkanes) is 8. The summed E-state index contributed by atoms with van der Waals surface area (Å²) in [4.78, 5) is 0. The quantitative estimate of drug-likeness (QED) is 0.199. The lowest BCUT2D eigenvalue weighted by Crippen LogP contribution is -2.31. The molecule has 0 saturated carbocycles. The van der Waals surface area contributed by atoms with E-state index < -0.39 is 6.23 Å². The highest BCUT2D eigenvalue weighted by Gasteiger charge is 2.02. The predicted molar refractivity (Wildman–Crippen MR) is 105 cm³/mol. The van der Waals surface area contributed by atoms with Crippen molar-refractivity contribution in [3.63, 3.8) is 0 Å². The standard InChI is InChI=1S/C20H43NO5/c1-2-3-4-5-6-7-8-9-10-11-20(23)21-12-14-24-16-18-26-19-17-25-15-13-22/h20-23H,2-19H2,1H3. The lowest BCUT2D eigenvalue weighted by atomic mass is 10.1. The number of hydrogen-bond acceptors (Lipinski definition) is 6. The van der Waals surface area contributed by atoms with E-state index in [0.29, 0.717) is 46.2 Å². The second kappa shape index (κ2) is 22.8. The lowest BCUT2D eigenvalue weighted by molar-refractivity contribution is 0.00643. The first-order valence-electron chi connectivity index (χ1n) is 10.6. The van der Waals surface area contributed by atoms with Crippen molar-refractivity contribution >= 4 is 0 Å². The van der Waals surface area contributed by atoms with Crippen molar-refractivity contribution in [1.29, 1.82) is 0 Å². The second-order valence-electron chi connectivity index (χ2n) is 6.65. The van der Waals surface area contributed by atoms with Crippen molar-refractivity contribution in [3.05, 3.63) is 0 Å². The Balaban J connectivity index is 3.12. The van der Waals surface area contributed by atoms with Gasteiger partial charge in [-0.2, -0.15) is 0 Å².